The minimum atomic E-state index is -0.447. The summed E-state index contributed by atoms with van der Waals surface area (Å²) in [5.41, 5.74) is 3.26. The zero-order chi connectivity index (χ0) is 15.4. The third kappa shape index (κ3) is 3.42. The summed E-state index contributed by atoms with van der Waals surface area (Å²) in [7, 11) is 1.62. The van der Waals surface area contributed by atoms with Crippen molar-refractivity contribution in [2.45, 2.75) is 13.8 Å². The molecule has 0 aromatic heterocycles. The van der Waals surface area contributed by atoms with Gasteiger partial charge in [-0.15, -0.1) is 0 Å². The van der Waals surface area contributed by atoms with Gasteiger partial charge in [0.2, 0.25) is 0 Å². The summed E-state index contributed by atoms with van der Waals surface area (Å²) >= 11 is 0. The lowest BCUT2D eigenvalue weighted by molar-refractivity contribution is -0.384. The smallest absolute Gasteiger partial charge is 0.269 e. The van der Waals surface area contributed by atoms with Crippen LogP contribution in [0.1, 0.15) is 11.1 Å². The highest BCUT2D eigenvalue weighted by molar-refractivity contribution is 5.53. The molecule has 2 rings (SSSR count). The molecule has 0 saturated carbocycles. The van der Waals surface area contributed by atoms with Crippen LogP contribution in [0.5, 0.6) is 5.75 Å². The van der Waals surface area contributed by atoms with Crippen molar-refractivity contribution in [3.63, 3.8) is 0 Å². The van der Waals surface area contributed by atoms with Gasteiger partial charge in [0.1, 0.15) is 5.75 Å². The number of rotatable bonds is 4. The first-order chi connectivity index (χ1) is 10.0. The van der Waals surface area contributed by atoms with E-state index in [-0.39, 0.29) is 5.69 Å². The van der Waals surface area contributed by atoms with E-state index in [2.05, 4.69) is 10.2 Å². The zero-order valence-electron chi connectivity index (χ0n) is 12.0. The maximum absolute atomic E-state index is 10.6. The second-order valence-electron chi connectivity index (χ2n) is 4.58. The molecule has 0 amide bonds. The highest BCUT2D eigenvalue weighted by Gasteiger charge is 2.05. The molecule has 2 aromatic carbocycles. The van der Waals surface area contributed by atoms with Crippen LogP contribution in [0.15, 0.2) is 46.6 Å². The molecule has 0 spiro atoms. The van der Waals surface area contributed by atoms with Gasteiger partial charge in [-0.1, -0.05) is 0 Å². The van der Waals surface area contributed by atoms with E-state index in [0.29, 0.717) is 5.69 Å². The average molecular weight is 285 g/mol. The maximum atomic E-state index is 10.6. The molecule has 0 bridgehead atoms. The Kier molecular flexibility index (Phi) is 4.27. The molecule has 6 heteroatoms. The Bertz CT molecular complexity index is 694. The molecule has 2 aromatic rings. The van der Waals surface area contributed by atoms with Gasteiger partial charge in [0.05, 0.1) is 23.4 Å². The number of hydrogen-bond donors (Lipinski definition) is 0. The summed E-state index contributed by atoms with van der Waals surface area (Å²) in [4.78, 5) is 10.1. The van der Waals surface area contributed by atoms with Crippen LogP contribution in [0.25, 0.3) is 0 Å². The van der Waals surface area contributed by atoms with E-state index >= 15 is 0 Å². The fourth-order valence-corrected chi connectivity index (χ4v) is 1.85. The van der Waals surface area contributed by atoms with Crippen molar-refractivity contribution >= 4 is 17.1 Å². The molecule has 0 heterocycles. The molecule has 0 N–H and O–H groups in total. The van der Waals surface area contributed by atoms with Gasteiger partial charge >= 0.3 is 0 Å². The first-order valence-corrected chi connectivity index (χ1v) is 6.32. The molecule has 108 valence electrons. The Morgan fingerprint density at radius 3 is 2.29 bits per heavy atom. The largest absolute Gasteiger partial charge is 0.496 e. The molecule has 0 atom stereocenters. The van der Waals surface area contributed by atoms with Crippen LogP contribution < -0.4 is 4.74 Å². The van der Waals surface area contributed by atoms with Crippen molar-refractivity contribution < 1.29 is 9.66 Å². The van der Waals surface area contributed by atoms with Gasteiger partial charge in [-0.2, -0.15) is 10.2 Å². The van der Waals surface area contributed by atoms with Crippen molar-refractivity contribution in [1.29, 1.82) is 0 Å². The van der Waals surface area contributed by atoms with Gasteiger partial charge in [-0.3, -0.25) is 10.1 Å². The Hall–Kier alpha value is -2.76. The highest BCUT2D eigenvalue weighted by Crippen LogP contribution is 2.29. The van der Waals surface area contributed by atoms with E-state index in [1.165, 1.54) is 12.1 Å². The fourth-order valence-electron chi connectivity index (χ4n) is 1.85. The number of ether oxygens (including phenoxy) is 1. The predicted octanol–water partition coefficient (Wildman–Crippen LogP) is 4.64. The third-order valence-corrected chi connectivity index (χ3v) is 3.05. The van der Waals surface area contributed by atoms with Crippen molar-refractivity contribution in [3.05, 3.63) is 57.6 Å². The highest BCUT2D eigenvalue weighted by atomic mass is 16.6. The third-order valence-electron chi connectivity index (χ3n) is 3.05. The molecule has 6 nitrogen and oxygen atoms in total. The Labute approximate surface area is 122 Å². The second-order valence-corrected chi connectivity index (χ2v) is 4.58. The number of nitrogens with zero attached hydrogens (tertiary/aromatic N) is 3. The summed E-state index contributed by atoms with van der Waals surface area (Å²) in [5.74, 6) is 0.807. The summed E-state index contributed by atoms with van der Waals surface area (Å²) in [6.07, 6.45) is 0. The molecule has 0 radical (unpaired) electrons. The van der Waals surface area contributed by atoms with Gasteiger partial charge < -0.3 is 4.74 Å². The molecule has 0 saturated heterocycles. The molecule has 21 heavy (non-hydrogen) atoms. The fraction of sp³-hybridized carbons (Fsp3) is 0.200. The number of non-ortho nitro benzene ring substituents is 1. The number of nitro benzene ring substituents is 1. The molecule has 0 fully saturated rings. The van der Waals surface area contributed by atoms with Crippen molar-refractivity contribution in [3.8, 4) is 5.75 Å². The Morgan fingerprint density at radius 1 is 1.05 bits per heavy atom. The van der Waals surface area contributed by atoms with Crippen LogP contribution in [0.2, 0.25) is 0 Å². The number of nitro groups is 1. The number of hydrogen-bond acceptors (Lipinski definition) is 5. The van der Waals surface area contributed by atoms with Crippen molar-refractivity contribution in [2.75, 3.05) is 7.11 Å². The minimum absolute atomic E-state index is 0.0328. The number of aryl methyl sites for hydroxylation is 2. The molecule has 0 aliphatic rings. The standard InChI is InChI=1S/C15H15N3O3/c1-10-9-15(21-3)11(2)8-14(10)17-16-12-4-6-13(7-5-12)18(19)20/h4-9H,1-3H3. The van der Waals surface area contributed by atoms with Crippen LogP contribution >= 0.6 is 0 Å². The summed E-state index contributed by atoms with van der Waals surface area (Å²) in [6.45, 7) is 3.86. The van der Waals surface area contributed by atoms with Gasteiger partial charge in [0.25, 0.3) is 5.69 Å². The summed E-state index contributed by atoms with van der Waals surface area (Å²) in [6, 6.07) is 9.73. The quantitative estimate of drug-likeness (QED) is 0.466. The molecule has 0 aliphatic carbocycles. The van der Waals surface area contributed by atoms with Crippen LogP contribution in [0, 0.1) is 24.0 Å². The maximum Gasteiger partial charge on any atom is 0.269 e. The van der Waals surface area contributed by atoms with Gasteiger partial charge in [-0.05, 0) is 49.2 Å². The first kappa shape index (κ1) is 14.6. The normalized spacial score (nSPS) is 10.8. The van der Waals surface area contributed by atoms with E-state index in [0.717, 1.165) is 22.6 Å². The van der Waals surface area contributed by atoms with E-state index < -0.39 is 4.92 Å². The Balaban J connectivity index is 2.25. The first-order valence-electron chi connectivity index (χ1n) is 6.32. The van der Waals surface area contributed by atoms with E-state index in [1.54, 1.807) is 19.2 Å². The monoisotopic (exact) mass is 285 g/mol. The zero-order valence-corrected chi connectivity index (χ0v) is 12.0. The average Bonchev–Trinajstić information content (AvgIpc) is 2.48. The lowest BCUT2D eigenvalue weighted by Gasteiger charge is -2.07. The number of azo groups is 1. The van der Waals surface area contributed by atoms with Gasteiger partial charge in [-0.25, -0.2) is 0 Å². The number of benzene rings is 2. The van der Waals surface area contributed by atoms with E-state index in [9.17, 15) is 10.1 Å². The molecular formula is C15H15N3O3. The lowest BCUT2D eigenvalue weighted by atomic mass is 10.1. The Morgan fingerprint density at radius 2 is 1.71 bits per heavy atom. The SMILES string of the molecule is COc1cc(C)c(N=Nc2ccc([N+](=O)[O-])cc2)cc1C. The van der Waals surface area contributed by atoms with Crippen LogP contribution in [-0.2, 0) is 0 Å². The lowest BCUT2D eigenvalue weighted by Crippen LogP contribution is -1.88. The van der Waals surface area contributed by atoms with E-state index in [4.69, 9.17) is 4.74 Å². The van der Waals surface area contributed by atoms with Gasteiger partial charge in [0, 0.05) is 12.1 Å². The number of methoxy groups -OCH3 is 1. The van der Waals surface area contributed by atoms with Crippen molar-refractivity contribution in [2.24, 2.45) is 10.2 Å². The molecular weight excluding hydrogens is 270 g/mol. The predicted molar refractivity (Wildman–Crippen MR) is 79.7 cm³/mol. The second kappa shape index (κ2) is 6.13. The van der Waals surface area contributed by atoms with Crippen molar-refractivity contribution in [1.82, 2.24) is 0 Å². The summed E-state index contributed by atoms with van der Waals surface area (Å²) < 4.78 is 5.24. The molecule has 0 aliphatic heterocycles. The van der Waals surface area contributed by atoms with Crippen LogP contribution in [0.4, 0.5) is 17.1 Å². The van der Waals surface area contributed by atoms with Crippen LogP contribution in [-0.4, -0.2) is 12.0 Å². The minimum Gasteiger partial charge on any atom is -0.496 e. The topological polar surface area (TPSA) is 77.1 Å². The van der Waals surface area contributed by atoms with E-state index in [1.807, 2.05) is 26.0 Å². The van der Waals surface area contributed by atoms with Gasteiger partial charge in [0.15, 0.2) is 0 Å². The molecule has 0 unspecified atom stereocenters. The van der Waals surface area contributed by atoms with Crippen LogP contribution in [0.3, 0.4) is 0 Å². The summed E-state index contributed by atoms with van der Waals surface area (Å²) in [5, 5.41) is 18.9.